The number of hydrogen-bond acceptors (Lipinski definition) is 2. The Labute approximate surface area is 116 Å². The third-order valence-corrected chi connectivity index (χ3v) is 4.44. The van der Waals surface area contributed by atoms with E-state index in [-0.39, 0.29) is 5.41 Å². The fourth-order valence-electron chi connectivity index (χ4n) is 3.31. The predicted octanol–water partition coefficient (Wildman–Crippen LogP) is 4.35. The molecule has 1 saturated carbocycles. The first-order valence-corrected chi connectivity index (χ1v) is 7.25. The molecular weight excluding hydrogens is 234 g/mol. The molecular formula is C17H23NO. The second-order valence-corrected chi connectivity index (χ2v) is 5.79. The minimum atomic E-state index is -0.161. The molecule has 1 aromatic carbocycles. The van der Waals surface area contributed by atoms with Crippen LogP contribution in [0.5, 0.6) is 5.75 Å². The standard InChI is InChI=1S/C17H23NO/c1-3-14-7-5-9-17(11-14,13-18)12-15-6-4-8-16(10-15)19-2/h4,6,8,10,14H,3,5,7,9,11-12H2,1-2H3. The molecule has 102 valence electrons. The van der Waals surface area contributed by atoms with Gasteiger partial charge in [-0.1, -0.05) is 38.3 Å². The van der Waals surface area contributed by atoms with Crippen LogP contribution in [0.25, 0.3) is 0 Å². The van der Waals surface area contributed by atoms with Crippen LogP contribution in [-0.4, -0.2) is 7.11 Å². The summed E-state index contributed by atoms with van der Waals surface area (Å²) in [6.07, 6.45) is 6.63. The molecule has 2 rings (SSSR count). The van der Waals surface area contributed by atoms with E-state index in [4.69, 9.17) is 4.74 Å². The van der Waals surface area contributed by atoms with Gasteiger partial charge >= 0.3 is 0 Å². The summed E-state index contributed by atoms with van der Waals surface area (Å²) in [6.45, 7) is 2.24. The van der Waals surface area contributed by atoms with E-state index in [1.54, 1.807) is 7.11 Å². The van der Waals surface area contributed by atoms with Gasteiger partial charge in [0.1, 0.15) is 5.75 Å². The Morgan fingerprint density at radius 3 is 3.00 bits per heavy atom. The van der Waals surface area contributed by atoms with E-state index in [9.17, 15) is 5.26 Å². The van der Waals surface area contributed by atoms with Gasteiger partial charge in [0.05, 0.1) is 18.6 Å². The highest BCUT2D eigenvalue weighted by atomic mass is 16.5. The Bertz CT molecular complexity index is 463. The quantitative estimate of drug-likeness (QED) is 0.803. The van der Waals surface area contributed by atoms with Gasteiger partial charge in [-0.3, -0.25) is 0 Å². The highest BCUT2D eigenvalue weighted by Crippen LogP contribution is 2.42. The van der Waals surface area contributed by atoms with Crippen molar-refractivity contribution in [2.24, 2.45) is 11.3 Å². The zero-order chi connectivity index (χ0) is 13.7. The molecule has 0 bridgehead atoms. The average Bonchev–Trinajstić information content (AvgIpc) is 2.47. The number of rotatable bonds is 4. The van der Waals surface area contributed by atoms with Crippen molar-refractivity contribution in [3.63, 3.8) is 0 Å². The lowest BCUT2D eigenvalue weighted by atomic mass is 9.67. The van der Waals surface area contributed by atoms with Crippen LogP contribution in [0, 0.1) is 22.7 Å². The first kappa shape index (κ1) is 13.9. The summed E-state index contributed by atoms with van der Waals surface area (Å²) in [6, 6.07) is 10.8. The molecule has 0 saturated heterocycles. The molecule has 0 spiro atoms. The van der Waals surface area contributed by atoms with E-state index < -0.39 is 0 Å². The number of hydrogen-bond donors (Lipinski definition) is 0. The molecule has 0 aliphatic heterocycles. The lowest BCUT2D eigenvalue weighted by Gasteiger charge is -2.35. The number of ether oxygens (including phenoxy) is 1. The van der Waals surface area contributed by atoms with Gasteiger partial charge in [0.2, 0.25) is 0 Å². The van der Waals surface area contributed by atoms with Gasteiger partial charge < -0.3 is 4.74 Å². The first-order chi connectivity index (χ1) is 9.21. The van der Waals surface area contributed by atoms with Crippen LogP contribution in [0.15, 0.2) is 24.3 Å². The van der Waals surface area contributed by atoms with Crippen LogP contribution in [0.2, 0.25) is 0 Å². The topological polar surface area (TPSA) is 33.0 Å². The van der Waals surface area contributed by atoms with Crippen LogP contribution in [-0.2, 0) is 6.42 Å². The largest absolute Gasteiger partial charge is 0.497 e. The van der Waals surface area contributed by atoms with Crippen molar-refractivity contribution >= 4 is 0 Å². The summed E-state index contributed by atoms with van der Waals surface area (Å²) >= 11 is 0. The van der Waals surface area contributed by atoms with E-state index in [0.29, 0.717) is 0 Å². The van der Waals surface area contributed by atoms with Crippen molar-refractivity contribution in [2.75, 3.05) is 7.11 Å². The van der Waals surface area contributed by atoms with Gasteiger partial charge in [-0.05, 0) is 42.9 Å². The minimum Gasteiger partial charge on any atom is -0.497 e. The SMILES string of the molecule is CCC1CCCC(C#N)(Cc2cccc(OC)c2)C1. The molecule has 2 nitrogen and oxygen atoms in total. The van der Waals surface area contributed by atoms with Crippen LogP contribution >= 0.6 is 0 Å². The van der Waals surface area contributed by atoms with Crippen LogP contribution in [0.1, 0.15) is 44.6 Å². The molecule has 2 heteroatoms. The summed E-state index contributed by atoms with van der Waals surface area (Å²) in [7, 11) is 1.69. The van der Waals surface area contributed by atoms with Gasteiger partial charge in [-0.2, -0.15) is 5.26 Å². The lowest BCUT2D eigenvalue weighted by molar-refractivity contribution is 0.194. The van der Waals surface area contributed by atoms with Gasteiger partial charge in [-0.15, -0.1) is 0 Å². The van der Waals surface area contributed by atoms with Crippen molar-refractivity contribution < 1.29 is 4.74 Å². The average molecular weight is 257 g/mol. The second kappa shape index (κ2) is 6.10. The van der Waals surface area contributed by atoms with E-state index >= 15 is 0 Å². The number of methoxy groups -OCH3 is 1. The van der Waals surface area contributed by atoms with Crippen LogP contribution < -0.4 is 4.74 Å². The minimum absolute atomic E-state index is 0.161. The highest BCUT2D eigenvalue weighted by molar-refractivity contribution is 5.30. The summed E-state index contributed by atoms with van der Waals surface area (Å²) in [5.74, 6) is 1.60. The predicted molar refractivity (Wildman–Crippen MR) is 77.0 cm³/mol. The molecule has 1 aliphatic rings. The molecule has 2 atom stereocenters. The van der Waals surface area contributed by atoms with Crippen molar-refractivity contribution in [3.05, 3.63) is 29.8 Å². The molecule has 1 fully saturated rings. The van der Waals surface area contributed by atoms with Gasteiger partial charge in [-0.25, -0.2) is 0 Å². The van der Waals surface area contributed by atoms with Gasteiger partial charge in [0, 0.05) is 0 Å². The fraction of sp³-hybridized carbons (Fsp3) is 0.588. The second-order valence-electron chi connectivity index (χ2n) is 5.79. The first-order valence-electron chi connectivity index (χ1n) is 7.25. The molecule has 0 amide bonds. The molecule has 0 heterocycles. The lowest BCUT2D eigenvalue weighted by Crippen LogP contribution is -2.29. The van der Waals surface area contributed by atoms with E-state index in [1.165, 1.54) is 24.8 Å². The summed E-state index contributed by atoms with van der Waals surface area (Å²) < 4.78 is 5.27. The fourth-order valence-corrected chi connectivity index (χ4v) is 3.31. The number of nitriles is 1. The molecule has 0 aromatic heterocycles. The Balaban J connectivity index is 2.15. The summed E-state index contributed by atoms with van der Waals surface area (Å²) in [4.78, 5) is 0. The van der Waals surface area contributed by atoms with Crippen LogP contribution in [0.4, 0.5) is 0 Å². The monoisotopic (exact) mass is 257 g/mol. The molecule has 0 N–H and O–H groups in total. The summed E-state index contributed by atoms with van der Waals surface area (Å²) in [5.41, 5.74) is 1.06. The van der Waals surface area contributed by atoms with E-state index in [0.717, 1.165) is 30.9 Å². The molecule has 0 radical (unpaired) electrons. The zero-order valence-corrected chi connectivity index (χ0v) is 12.0. The third-order valence-electron chi connectivity index (χ3n) is 4.44. The Kier molecular flexibility index (Phi) is 4.47. The highest BCUT2D eigenvalue weighted by Gasteiger charge is 2.36. The summed E-state index contributed by atoms with van der Waals surface area (Å²) in [5, 5.41) is 9.66. The smallest absolute Gasteiger partial charge is 0.119 e. The maximum Gasteiger partial charge on any atom is 0.119 e. The normalized spacial score (nSPS) is 26.7. The molecule has 1 aromatic rings. The van der Waals surface area contributed by atoms with Crippen molar-refractivity contribution in [2.45, 2.75) is 45.4 Å². The molecule has 19 heavy (non-hydrogen) atoms. The number of nitrogens with zero attached hydrogens (tertiary/aromatic N) is 1. The van der Waals surface area contributed by atoms with Crippen molar-refractivity contribution in [1.82, 2.24) is 0 Å². The Morgan fingerprint density at radius 2 is 2.32 bits per heavy atom. The van der Waals surface area contributed by atoms with Gasteiger partial charge in [0.25, 0.3) is 0 Å². The third kappa shape index (κ3) is 3.29. The zero-order valence-electron chi connectivity index (χ0n) is 12.0. The molecule has 1 aliphatic carbocycles. The van der Waals surface area contributed by atoms with Crippen molar-refractivity contribution in [3.8, 4) is 11.8 Å². The Morgan fingerprint density at radius 1 is 1.47 bits per heavy atom. The maximum atomic E-state index is 9.66. The van der Waals surface area contributed by atoms with E-state index in [1.807, 2.05) is 12.1 Å². The maximum absolute atomic E-state index is 9.66. The van der Waals surface area contributed by atoms with Gasteiger partial charge in [0.15, 0.2) is 0 Å². The van der Waals surface area contributed by atoms with E-state index in [2.05, 4.69) is 25.1 Å². The number of benzene rings is 1. The van der Waals surface area contributed by atoms with Crippen LogP contribution in [0.3, 0.4) is 0 Å². The Hall–Kier alpha value is -1.49. The molecule has 2 unspecified atom stereocenters. The van der Waals surface area contributed by atoms with Crippen molar-refractivity contribution in [1.29, 1.82) is 5.26 Å².